The molecule has 0 saturated carbocycles. The molecule has 0 radical (unpaired) electrons. The predicted molar refractivity (Wildman–Crippen MR) is 75.5 cm³/mol. The Kier molecular flexibility index (Phi) is 5.83. The van der Waals surface area contributed by atoms with Crippen LogP contribution in [0, 0.1) is 5.92 Å². The van der Waals surface area contributed by atoms with Gasteiger partial charge in [-0.15, -0.1) is 0 Å². The van der Waals surface area contributed by atoms with E-state index in [9.17, 15) is 9.59 Å². The molecule has 104 valence electrons. The SMILES string of the molecule is CCC(CC)C(=O)N(CC(=O)O)c1cccc(Cl)c1. The largest absolute Gasteiger partial charge is 0.480 e. The molecule has 1 aromatic carbocycles. The van der Waals surface area contributed by atoms with E-state index in [1.165, 1.54) is 4.90 Å². The Morgan fingerprint density at radius 3 is 2.42 bits per heavy atom. The summed E-state index contributed by atoms with van der Waals surface area (Å²) in [5.74, 6) is -1.38. The summed E-state index contributed by atoms with van der Waals surface area (Å²) >= 11 is 5.89. The lowest BCUT2D eigenvalue weighted by Crippen LogP contribution is -2.39. The molecule has 0 unspecified atom stereocenters. The molecule has 0 aliphatic heterocycles. The van der Waals surface area contributed by atoms with Crippen LogP contribution < -0.4 is 4.90 Å². The maximum Gasteiger partial charge on any atom is 0.323 e. The van der Waals surface area contributed by atoms with E-state index in [4.69, 9.17) is 16.7 Å². The van der Waals surface area contributed by atoms with E-state index >= 15 is 0 Å². The highest BCUT2D eigenvalue weighted by atomic mass is 35.5. The molecule has 0 aromatic heterocycles. The van der Waals surface area contributed by atoms with Crippen LogP contribution in [-0.2, 0) is 9.59 Å². The summed E-state index contributed by atoms with van der Waals surface area (Å²) in [4.78, 5) is 24.6. The lowest BCUT2D eigenvalue weighted by Gasteiger charge is -2.25. The number of nitrogens with zero attached hydrogens (tertiary/aromatic N) is 1. The summed E-state index contributed by atoms with van der Waals surface area (Å²) in [5, 5.41) is 9.44. The van der Waals surface area contributed by atoms with E-state index in [2.05, 4.69) is 0 Å². The number of amides is 1. The van der Waals surface area contributed by atoms with Gasteiger partial charge in [0.15, 0.2) is 0 Å². The zero-order valence-corrected chi connectivity index (χ0v) is 11.9. The second-order valence-corrected chi connectivity index (χ2v) is 4.75. The summed E-state index contributed by atoms with van der Waals surface area (Å²) in [6.45, 7) is 3.49. The first-order valence-corrected chi connectivity index (χ1v) is 6.66. The molecule has 19 heavy (non-hydrogen) atoms. The highest BCUT2D eigenvalue weighted by Crippen LogP contribution is 2.23. The van der Waals surface area contributed by atoms with Gasteiger partial charge in [-0.05, 0) is 31.0 Å². The summed E-state index contributed by atoms with van der Waals surface area (Å²) in [5.41, 5.74) is 0.520. The van der Waals surface area contributed by atoms with Gasteiger partial charge in [-0.25, -0.2) is 0 Å². The van der Waals surface area contributed by atoms with E-state index < -0.39 is 5.97 Å². The quantitative estimate of drug-likeness (QED) is 0.872. The molecule has 1 aromatic rings. The van der Waals surface area contributed by atoms with E-state index in [0.29, 0.717) is 23.6 Å². The van der Waals surface area contributed by atoms with Gasteiger partial charge in [0.1, 0.15) is 6.54 Å². The van der Waals surface area contributed by atoms with Crippen molar-refractivity contribution < 1.29 is 14.7 Å². The minimum absolute atomic E-state index is 0.168. The molecule has 1 rings (SSSR count). The number of aliphatic carboxylic acids is 1. The fourth-order valence-corrected chi connectivity index (χ4v) is 2.12. The number of carboxylic acids is 1. The fraction of sp³-hybridized carbons (Fsp3) is 0.429. The first kappa shape index (κ1) is 15.5. The minimum atomic E-state index is -1.04. The first-order valence-electron chi connectivity index (χ1n) is 6.28. The molecule has 0 heterocycles. The van der Waals surface area contributed by atoms with Crippen LogP contribution in [0.15, 0.2) is 24.3 Å². The Bertz CT molecular complexity index is 458. The van der Waals surface area contributed by atoms with Crippen molar-refractivity contribution in [3.8, 4) is 0 Å². The maximum atomic E-state index is 12.4. The van der Waals surface area contributed by atoms with Gasteiger partial charge >= 0.3 is 5.97 Å². The van der Waals surface area contributed by atoms with Gasteiger partial charge in [0.25, 0.3) is 0 Å². The standard InChI is InChI=1S/C14H18ClNO3/c1-3-10(4-2)14(19)16(9-13(17)18)12-7-5-6-11(15)8-12/h5-8,10H,3-4,9H2,1-2H3,(H,17,18). The summed E-state index contributed by atoms with van der Waals surface area (Å²) in [7, 11) is 0. The third kappa shape index (κ3) is 4.24. The number of carbonyl (C=O) groups is 2. The van der Waals surface area contributed by atoms with Crippen molar-refractivity contribution in [1.29, 1.82) is 0 Å². The average Bonchev–Trinajstić information content (AvgIpc) is 2.37. The van der Waals surface area contributed by atoms with Crippen molar-refractivity contribution in [2.45, 2.75) is 26.7 Å². The Labute approximate surface area is 118 Å². The van der Waals surface area contributed by atoms with E-state index in [1.54, 1.807) is 24.3 Å². The van der Waals surface area contributed by atoms with Crippen LogP contribution in [0.25, 0.3) is 0 Å². The van der Waals surface area contributed by atoms with Crippen LogP contribution in [0.3, 0.4) is 0 Å². The second-order valence-electron chi connectivity index (χ2n) is 4.31. The third-order valence-electron chi connectivity index (χ3n) is 3.01. The number of rotatable bonds is 6. The molecule has 0 aliphatic rings. The van der Waals surface area contributed by atoms with Crippen molar-refractivity contribution in [1.82, 2.24) is 0 Å². The molecule has 0 fully saturated rings. The molecule has 1 amide bonds. The smallest absolute Gasteiger partial charge is 0.323 e. The van der Waals surface area contributed by atoms with E-state index in [0.717, 1.165) is 0 Å². The number of carboxylic acid groups (broad SMARTS) is 1. The molecule has 0 atom stereocenters. The molecule has 5 heteroatoms. The molecular weight excluding hydrogens is 266 g/mol. The first-order chi connectivity index (χ1) is 8.99. The van der Waals surface area contributed by atoms with Crippen LogP contribution in [0.2, 0.25) is 5.02 Å². The van der Waals surface area contributed by atoms with Gasteiger partial charge in [-0.1, -0.05) is 31.5 Å². The Hall–Kier alpha value is -1.55. The Morgan fingerprint density at radius 2 is 1.95 bits per heavy atom. The monoisotopic (exact) mass is 283 g/mol. The lowest BCUT2D eigenvalue weighted by molar-refractivity contribution is -0.137. The fourth-order valence-electron chi connectivity index (χ4n) is 1.93. The highest BCUT2D eigenvalue weighted by molar-refractivity contribution is 6.30. The van der Waals surface area contributed by atoms with Crippen LogP contribution in [0.5, 0.6) is 0 Å². The Balaban J connectivity index is 3.07. The molecule has 0 aliphatic carbocycles. The van der Waals surface area contributed by atoms with Crippen LogP contribution in [0.4, 0.5) is 5.69 Å². The third-order valence-corrected chi connectivity index (χ3v) is 3.25. The number of benzene rings is 1. The number of hydrogen-bond acceptors (Lipinski definition) is 2. The van der Waals surface area contributed by atoms with E-state index in [-0.39, 0.29) is 18.4 Å². The average molecular weight is 284 g/mol. The molecule has 4 nitrogen and oxygen atoms in total. The van der Waals surface area contributed by atoms with Crippen molar-refractivity contribution in [3.63, 3.8) is 0 Å². The zero-order chi connectivity index (χ0) is 14.4. The molecular formula is C14H18ClNO3. The van der Waals surface area contributed by atoms with Crippen LogP contribution in [0.1, 0.15) is 26.7 Å². The van der Waals surface area contributed by atoms with Crippen molar-refractivity contribution in [3.05, 3.63) is 29.3 Å². The number of anilines is 1. The maximum absolute atomic E-state index is 12.4. The molecule has 0 spiro atoms. The van der Waals surface area contributed by atoms with Crippen molar-refractivity contribution in [2.24, 2.45) is 5.92 Å². The molecule has 0 saturated heterocycles. The Morgan fingerprint density at radius 1 is 1.32 bits per heavy atom. The molecule has 1 N–H and O–H groups in total. The van der Waals surface area contributed by atoms with Gasteiger partial charge in [0.2, 0.25) is 5.91 Å². The molecule has 0 bridgehead atoms. The summed E-state index contributed by atoms with van der Waals surface area (Å²) < 4.78 is 0. The van der Waals surface area contributed by atoms with Crippen molar-refractivity contribution in [2.75, 3.05) is 11.4 Å². The number of carbonyl (C=O) groups excluding carboxylic acids is 1. The minimum Gasteiger partial charge on any atom is -0.480 e. The topological polar surface area (TPSA) is 57.6 Å². The summed E-state index contributed by atoms with van der Waals surface area (Å²) in [6, 6.07) is 6.68. The number of halogens is 1. The van der Waals surface area contributed by atoms with Crippen LogP contribution in [-0.4, -0.2) is 23.5 Å². The number of hydrogen-bond donors (Lipinski definition) is 1. The van der Waals surface area contributed by atoms with Crippen LogP contribution >= 0.6 is 11.6 Å². The van der Waals surface area contributed by atoms with Gasteiger partial charge in [-0.2, -0.15) is 0 Å². The zero-order valence-electron chi connectivity index (χ0n) is 11.1. The van der Waals surface area contributed by atoms with Gasteiger partial charge in [0.05, 0.1) is 0 Å². The lowest BCUT2D eigenvalue weighted by atomic mass is 10.0. The van der Waals surface area contributed by atoms with Gasteiger partial charge in [-0.3, -0.25) is 9.59 Å². The normalized spacial score (nSPS) is 10.5. The van der Waals surface area contributed by atoms with Gasteiger partial charge in [0, 0.05) is 16.6 Å². The predicted octanol–water partition coefficient (Wildman–Crippen LogP) is 3.19. The second kappa shape index (κ2) is 7.14. The van der Waals surface area contributed by atoms with E-state index in [1.807, 2.05) is 13.8 Å². The van der Waals surface area contributed by atoms with Crippen molar-refractivity contribution >= 4 is 29.2 Å². The highest BCUT2D eigenvalue weighted by Gasteiger charge is 2.24. The van der Waals surface area contributed by atoms with Gasteiger partial charge < -0.3 is 10.0 Å². The summed E-state index contributed by atoms with van der Waals surface area (Å²) in [6.07, 6.45) is 1.37.